The van der Waals surface area contributed by atoms with Crippen LogP contribution in [0.4, 0.5) is 0 Å². The highest BCUT2D eigenvalue weighted by Gasteiger charge is 2.61. The minimum Gasteiger partial charge on any atom is -0.461 e. The summed E-state index contributed by atoms with van der Waals surface area (Å²) in [6, 6.07) is 0. The average Bonchev–Trinajstić information content (AvgIpc) is 3.00. The van der Waals surface area contributed by atoms with Crippen LogP contribution in [0.5, 0.6) is 0 Å². The topological polar surface area (TPSA) is 67.9 Å². The number of nitrogens with one attached hydrogen (secondary N) is 1. The van der Waals surface area contributed by atoms with Crippen LogP contribution in [-0.2, 0) is 9.53 Å². The van der Waals surface area contributed by atoms with Gasteiger partial charge >= 0.3 is 5.97 Å². The van der Waals surface area contributed by atoms with Crippen molar-refractivity contribution in [2.45, 2.75) is 51.3 Å². The zero-order valence-electron chi connectivity index (χ0n) is 12.2. The Morgan fingerprint density at radius 3 is 2.90 bits per heavy atom. The predicted octanol–water partition coefficient (Wildman–Crippen LogP) is 2.65. The van der Waals surface area contributed by atoms with E-state index in [0.29, 0.717) is 16.5 Å². The molecule has 20 heavy (non-hydrogen) atoms. The van der Waals surface area contributed by atoms with Gasteiger partial charge in [0.2, 0.25) is 0 Å². The number of nitrogens with zero attached hydrogens (tertiary/aromatic N) is 2. The summed E-state index contributed by atoms with van der Waals surface area (Å²) in [6.45, 7) is 6.98. The van der Waals surface area contributed by atoms with Crippen LogP contribution in [0.1, 0.15) is 40.0 Å². The van der Waals surface area contributed by atoms with Crippen molar-refractivity contribution in [3.8, 4) is 0 Å². The zero-order chi connectivity index (χ0) is 14.4. The van der Waals surface area contributed by atoms with Crippen LogP contribution in [0.3, 0.4) is 0 Å². The Morgan fingerprint density at radius 2 is 2.35 bits per heavy atom. The zero-order valence-corrected chi connectivity index (χ0v) is 13.0. The van der Waals surface area contributed by atoms with Crippen molar-refractivity contribution in [1.82, 2.24) is 15.2 Å². The van der Waals surface area contributed by atoms with Crippen LogP contribution in [0.15, 0.2) is 11.5 Å². The van der Waals surface area contributed by atoms with Gasteiger partial charge in [0.1, 0.15) is 12.4 Å². The fraction of sp³-hybridized carbons (Fsp3) is 0.786. The maximum Gasteiger partial charge on any atom is 0.316 e. The van der Waals surface area contributed by atoms with Crippen LogP contribution in [0.2, 0.25) is 0 Å². The summed E-state index contributed by atoms with van der Waals surface area (Å²) < 4.78 is 5.72. The normalized spacial score (nSPS) is 34.4. The number of carbonyl (C=O) groups excluding carboxylic acids is 1. The Hall–Kier alpha value is -1.04. The molecule has 0 saturated heterocycles. The van der Waals surface area contributed by atoms with Gasteiger partial charge in [0.05, 0.1) is 5.75 Å². The monoisotopic (exact) mass is 295 g/mol. The van der Waals surface area contributed by atoms with Crippen LogP contribution < -0.4 is 0 Å². The first-order valence-electron chi connectivity index (χ1n) is 7.10. The van der Waals surface area contributed by atoms with E-state index in [1.807, 2.05) is 0 Å². The lowest BCUT2D eigenvalue weighted by atomic mass is 9.71. The summed E-state index contributed by atoms with van der Waals surface area (Å²) in [5, 5.41) is 7.13. The molecule has 3 rings (SSSR count). The first-order chi connectivity index (χ1) is 9.42. The van der Waals surface area contributed by atoms with E-state index in [4.69, 9.17) is 4.74 Å². The van der Waals surface area contributed by atoms with Gasteiger partial charge in [-0.3, -0.25) is 9.89 Å². The molecule has 0 aliphatic heterocycles. The Bertz CT molecular complexity index is 500. The van der Waals surface area contributed by atoms with Gasteiger partial charge < -0.3 is 4.74 Å². The van der Waals surface area contributed by atoms with Crippen molar-refractivity contribution in [3.63, 3.8) is 0 Å². The lowest BCUT2D eigenvalue weighted by Crippen LogP contribution is -2.28. The van der Waals surface area contributed by atoms with E-state index in [9.17, 15) is 4.79 Å². The smallest absolute Gasteiger partial charge is 0.316 e. The third kappa shape index (κ3) is 2.14. The van der Waals surface area contributed by atoms with E-state index in [2.05, 4.69) is 36.0 Å². The van der Waals surface area contributed by atoms with Gasteiger partial charge in [-0.25, -0.2) is 4.98 Å². The van der Waals surface area contributed by atoms with Crippen LogP contribution >= 0.6 is 11.8 Å². The molecule has 110 valence electrons. The second-order valence-corrected chi connectivity index (χ2v) is 7.70. The molecule has 0 spiro atoms. The number of H-pyrrole nitrogens is 1. The molecular formula is C14H21N3O2S. The Kier molecular flexibility index (Phi) is 3.31. The molecular weight excluding hydrogens is 274 g/mol. The predicted molar refractivity (Wildman–Crippen MR) is 76.2 cm³/mol. The maximum atomic E-state index is 12.0. The Balaban J connectivity index is 1.56. The molecule has 3 atom stereocenters. The lowest BCUT2D eigenvalue weighted by molar-refractivity contribution is -0.148. The van der Waals surface area contributed by atoms with Crippen LogP contribution in [0.25, 0.3) is 0 Å². The van der Waals surface area contributed by atoms with Crippen molar-refractivity contribution in [3.05, 3.63) is 6.33 Å². The molecule has 0 radical (unpaired) electrons. The Morgan fingerprint density at radius 1 is 1.55 bits per heavy atom. The third-order valence-corrected chi connectivity index (χ3v) is 6.44. The number of thioether (sulfide) groups is 1. The lowest BCUT2D eigenvalue weighted by Gasteiger charge is -2.33. The van der Waals surface area contributed by atoms with Crippen molar-refractivity contribution in [2.75, 3.05) is 5.75 Å². The highest BCUT2D eigenvalue weighted by atomic mass is 32.2. The summed E-state index contributed by atoms with van der Waals surface area (Å²) in [6.07, 6.45) is 4.96. The summed E-state index contributed by atoms with van der Waals surface area (Å²) in [5.41, 5.74) is 0.594. The van der Waals surface area contributed by atoms with Gasteiger partial charge in [-0.1, -0.05) is 32.5 Å². The molecule has 1 heterocycles. The van der Waals surface area contributed by atoms with Crippen LogP contribution in [0, 0.1) is 16.7 Å². The van der Waals surface area contributed by atoms with Gasteiger partial charge in [0.25, 0.3) is 0 Å². The molecule has 1 N–H and O–H groups in total. The number of esters is 1. The number of hydrogen-bond acceptors (Lipinski definition) is 5. The van der Waals surface area contributed by atoms with Gasteiger partial charge in [-0.05, 0) is 30.1 Å². The summed E-state index contributed by atoms with van der Waals surface area (Å²) in [7, 11) is 0. The molecule has 2 aliphatic carbocycles. The fourth-order valence-corrected chi connectivity index (χ4v) is 4.49. The standard InChI is InChI=1S/C14H21N3O2S/c1-13(2)9-4-5-14(13,3)6-10(9)19-11(18)7-20-12-15-8-16-17-12/h8-10H,4-7H2,1-3H3,(H,15,16,17)/t9-,10-,14+/m0/s1. The Labute approximate surface area is 123 Å². The van der Waals surface area contributed by atoms with Gasteiger partial charge in [-0.2, -0.15) is 5.10 Å². The summed E-state index contributed by atoms with van der Waals surface area (Å²) in [5.74, 6) is 0.644. The van der Waals surface area contributed by atoms with E-state index in [1.54, 1.807) is 0 Å². The largest absolute Gasteiger partial charge is 0.461 e. The van der Waals surface area contributed by atoms with Gasteiger partial charge in [-0.15, -0.1) is 0 Å². The average molecular weight is 295 g/mol. The second-order valence-electron chi connectivity index (χ2n) is 6.74. The summed E-state index contributed by atoms with van der Waals surface area (Å²) >= 11 is 1.33. The molecule has 1 aromatic heterocycles. The van der Waals surface area contributed by atoms with Crippen molar-refractivity contribution in [1.29, 1.82) is 0 Å². The fourth-order valence-electron chi connectivity index (χ4n) is 3.92. The van der Waals surface area contributed by atoms with Crippen molar-refractivity contribution >= 4 is 17.7 Å². The molecule has 2 bridgehead atoms. The molecule has 0 amide bonds. The van der Waals surface area contributed by atoms with E-state index >= 15 is 0 Å². The third-order valence-electron chi connectivity index (χ3n) is 5.59. The second kappa shape index (κ2) is 4.76. The van der Waals surface area contributed by atoms with Crippen molar-refractivity contribution in [2.24, 2.45) is 16.7 Å². The van der Waals surface area contributed by atoms with Crippen molar-refractivity contribution < 1.29 is 9.53 Å². The maximum absolute atomic E-state index is 12.0. The quantitative estimate of drug-likeness (QED) is 0.683. The first-order valence-corrected chi connectivity index (χ1v) is 8.09. The number of ether oxygens (including phenoxy) is 1. The van der Waals surface area contributed by atoms with E-state index in [-0.39, 0.29) is 23.2 Å². The molecule has 2 fully saturated rings. The highest BCUT2D eigenvalue weighted by Crippen LogP contribution is 2.66. The van der Waals surface area contributed by atoms with E-state index in [0.717, 1.165) is 6.42 Å². The van der Waals surface area contributed by atoms with E-state index < -0.39 is 0 Å². The van der Waals surface area contributed by atoms with E-state index in [1.165, 1.54) is 30.9 Å². The number of hydrogen-bond donors (Lipinski definition) is 1. The molecule has 0 aromatic carbocycles. The molecule has 6 heteroatoms. The molecule has 2 aliphatic rings. The molecule has 5 nitrogen and oxygen atoms in total. The molecule has 1 aromatic rings. The highest BCUT2D eigenvalue weighted by molar-refractivity contribution is 7.99. The number of carbonyl (C=O) groups is 1. The summed E-state index contributed by atoms with van der Waals surface area (Å²) in [4.78, 5) is 16.0. The van der Waals surface area contributed by atoms with Gasteiger partial charge in [0, 0.05) is 5.92 Å². The van der Waals surface area contributed by atoms with Crippen LogP contribution in [-0.4, -0.2) is 33.0 Å². The number of aromatic amines is 1. The number of rotatable bonds is 4. The molecule has 0 unspecified atom stereocenters. The minimum atomic E-state index is -0.150. The first kappa shape index (κ1) is 13.9. The molecule has 2 saturated carbocycles. The number of aromatic nitrogens is 3. The SMILES string of the molecule is CC1(C)[C@H]2CC[C@]1(C)C[C@@H]2OC(=O)CSc1ncn[nH]1. The minimum absolute atomic E-state index is 0.0894. The number of fused-ring (bicyclic) bond motifs is 2. The van der Waals surface area contributed by atoms with Gasteiger partial charge in [0.15, 0.2) is 5.16 Å².